The fourth-order valence-corrected chi connectivity index (χ4v) is 3.54. The third-order valence-electron chi connectivity index (χ3n) is 4.93. The molecule has 4 nitrogen and oxygen atoms in total. The standard InChI is InChI=1S/C24H21NO3/c1-25(14-17-8-4-2-5-9-17)15-20-22(26)13-12-19-23(27)21(16-28-24(19)20)18-10-6-3-7-11-18/h2-13,16,26H,14-15H2,1H3/p+1. The van der Waals surface area contributed by atoms with Crippen LogP contribution in [-0.2, 0) is 13.1 Å². The molecule has 0 bridgehead atoms. The molecular formula is C24H22NO3+. The number of nitrogens with one attached hydrogen (secondary N) is 1. The van der Waals surface area contributed by atoms with E-state index in [-0.39, 0.29) is 11.2 Å². The summed E-state index contributed by atoms with van der Waals surface area (Å²) in [6.45, 7) is 1.36. The first kappa shape index (κ1) is 18.0. The summed E-state index contributed by atoms with van der Waals surface area (Å²) in [7, 11) is 2.06. The molecule has 2 N–H and O–H groups in total. The molecular weight excluding hydrogens is 350 g/mol. The van der Waals surface area contributed by atoms with Crippen molar-refractivity contribution in [2.24, 2.45) is 0 Å². The highest BCUT2D eigenvalue weighted by Gasteiger charge is 2.18. The van der Waals surface area contributed by atoms with Crippen LogP contribution in [-0.4, -0.2) is 12.2 Å². The van der Waals surface area contributed by atoms with Gasteiger partial charge in [0.15, 0.2) is 0 Å². The average molecular weight is 372 g/mol. The normalized spacial score (nSPS) is 12.2. The predicted molar refractivity (Wildman–Crippen MR) is 110 cm³/mol. The van der Waals surface area contributed by atoms with Crippen LogP contribution in [0.3, 0.4) is 0 Å². The van der Waals surface area contributed by atoms with E-state index in [1.807, 2.05) is 48.5 Å². The molecule has 3 aromatic carbocycles. The molecule has 1 heterocycles. The minimum atomic E-state index is -0.0885. The minimum absolute atomic E-state index is 0.0885. The van der Waals surface area contributed by atoms with Crippen molar-refractivity contribution in [3.63, 3.8) is 0 Å². The van der Waals surface area contributed by atoms with E-state index in [1.165, 1.54) is 16.7 Å². The summed E-state index contributed by atoms with van der Waals surface area (Å²) in [5.74, 6) is 0.149. The number of hydrogen-bond acceptors (Lipinski definition) is 3. The van der Waals surface area contributed by atoms with Crippen molar-refractivity contribution >= 4 is 11.0 Å². The van der Waals surface area contributed by atoms with Gasteiger partial charge < -0.3 is 14.4 Å². The Morgan fingerprint density at radius 3 is 2.29 bits per heavy atom. The molecule has 28 heavy (non-hydrogen) atoms. The van der Waals surface area contributed by atoms with Crippen molar-refractivity contribution in [3.8, 4) is 16.9 Å². The molecule has 1 unspecified atom stereocenters. The number of rotatable bonds is 5. The van der Waals surface area contributed by atoms with Gasteiger partial charge in [-0.1, -0.05) is 60.7 Å². The summed E-state index contributed by atoms with van der Waals surface area (Å²) >= 11 is 0. The molecule has 4 aromatic rings. The van der Waals surface area contributed by atoms with Crippen LogP contribution < -0.4 is 10.3 Å². The van der Waals surface area contributed by atoms with E-state index >= 15 is 0 Å². The average Bonchev–Trinajstić information content (AvgIpc) is 2.72. The van der Waals surface area contributed by atoms with Crippen LogP contribution in [0.25, 0.3) is 22.1 Å². The maximum absolute atomic E-state index is 13.0. The molecule has 4 rings (SSSR count). The topological polar surface area (TPSA) is 54.9 Å². The zero-order valence-electron chi connectivity index (χ0n) is 15.7. The Balaban J connectivity index is 1.72. The Morgan fingerprint density at radius 2 is 1.57 bits per heavy atom. The molecule has 0 aliphatic rings. The van der Waals surface area contributed by atoms with E-state index in [4.69, 9.17) is 4.42 Å². The highest BCUT2D eigenvalue weighted by molar-refractivity contribution is 5.85. The van der Waals surface area contributed by atoms with Gasteiger partial charge in [0.2, 0.25) is 5.43 Å². The van der Waals surface area contributed by atoms with Crippen LogP contribution in [0.15, 0.2) is 88.3 Å². The SMILES string of the molecule is C[NH+](Cc1ccccc1)Cc1c(O)ccc2c(=O)c(-c3ccccc3)coc12. The molecule has 0 saturated heterocycles. The monoisotopic (exact) mass is 372 g/mol. The van der Waals surface area contributed by atoms with Gasteiger partial charge in [0.05, 0.1) is 23.6 Å². The van der Waals surface area contributed by atoms with Crippen LogP contribution in [0, 0.1) is 0 Å². The number of aromatic hydroxyl groups is 1. The first-order valence-corrected chi connectivity index (χ1v) is 9.30. The number of fused-ring (bicyclic) bond motifs is 1. The number of phenols is 1. The van der Waals surface area contributed by atoms with Gasteiger partial charge in [-0.05, 0) is 17.7 Å². The van der Waals surface area contributed by atoms with Gasteiger partial charge in [0.25, 0.3) is 0 Å². The lowest BCUT2D eigenvalue weighted by Crippen LogP contribution is -3.06. The smallest absolute Gasteiger partial charge is 0.200 e. The zero-order valence-corrected chi connectivity index (χ0v) is 15.7. The van der Waals surface area contributed by atoms with E-state index in [1.54, 1.807) is 12.1 Å². The highest BCUT2D eigenvalue weighted by atomic mass is 16.3. The van der Waals surface area contributed by atoms with Gasteiger partial charge in [0.1, 0.15) is 30.7 Å². The molecule has 0 saturated carbocycles. The van der Waals surface area contributed by atoms with Crippen molar-refractivity contribution in [2.75, 3.05) is 7.05 Å². The van der Waals surface area contributed by atoms with Crippen molar-refractivity contribution in [1.29, 1.82) is 0 Å². The Hall–Kier alpha value is -3.37. The van der Waals surface area contributed by atoms with E-state index < -0.39 is 0 Å². The van der Waals surface area contributed by atoms with Crippen LogP contribution in [0.2, 0.25) is 0 Å². The Morgan fingerprint density at radius 1 is 0.893 bits per heavy atom. The van der Waals surface area contributed by atoms with Gasteiger partial charge in [-0.2, -0.15) is 0 Å². The van der Waals surface area contributed by atoms with E-state index in [0.717, 1.165) is 12.1 Å². The van der Waals surface area contributed by atoms with Gasteiger partial charge in [-0.3, -0.25) is 4.79 Å². The number of benzene rings is 3. The lowest BCUT2D eigenvalue weighted by atomic mass is 10.0. The third kappa shape index (κ3) is 3.55. The molecule has 1 atom stereocenters. The Kier molecular flexibility index (Phi) is 4.96. The Labute approximate surface area is 163 Å². The van der Waals surface area contributed by atoms with Crippen molar-refractivity contribution in [1.82, 2.24) is 0 Å². The summed E-state index contributed by atoms with van der Waals surface area (Å²) < 4.78 is 5.87. The molecule has 4 heteroatoms. The third-order valence-corrected chi connectivity index (χ3v) is 4.93. The molecule has 0 amide bonds. The second-order valence-corrected chi connectivity index (χ2v) is 7.08. The molecule has 1 aromatic heterocycles. The second-order valence-electron chi connectivity index (χ2n) is 7.08. The summed E-state index contributed by atoms with van der Waals surface area (Å²) in [5, 5.41) is 10.9. The number of quaternary nitrogens is 1. The summed E-state index contributed by atoms with van der Waals surface area (Å²) in [6, 6.07) is 22.9. The summed E-state index contributed by atoms with van der Waals surface area (Å²) in [6.07, 6.45) is 1.50. The van der Waals surface area contributed by atoms with Crippen LogP contribution in [0.5, 0.6) is 5.75 Å². The van der Waals surface area contributed by atoms with Crippen LogP contribution in [0.4, 0.5) is 0 Å². The minimum Gasteiger partial charge on any atom is -0.507 e. The maximum Gasteiger partial charge on any atom is 0.200 e. The van der Waals surface area contributed by atoms with Gasteiger partial charge >= 0.3 is 0 Å². The van der Waals surface area contributed by atoms with Gasteiger partial charge in [-0.25, -0.2) is 0 Å². The van der Waals surface area contributed by atoms with Crippen molar-refractivity contribution in [3.05, 3.63) is 100 Å². The molecule has 0 radical (unpaired) electrons. The predicted octanol–water partition coefficient (Wildman–Crippen LogP) is 3.38. The molecule has 0 aliphatic carbocycles. The quantitative estimate of drug-likeness (QED) is 0.565. The Bertz CT molecular complexity index is 1150. The lowest BCUT2D eigenvalue weighted by Gasteiger charge is -2.16. The van der Waals surface area contributed by atoms with E-state index in [0.29, 0.717) is 28.6 Å². The first-order valence-electron chi connectivity index (χ1n) is 9.30. The van der Waals surface area contributed by atoms with Gasteiger partial charge in [0, 0.05) is 5.56 Å². The molecule has 0 spiro atoms. The molecule has 140 valence electrons. The largest absolute Gasteiger partial charge is 0.507 e. The van der Waals surface area contributed by atoms with E-state index in [2.05, 4.69) is 19.2 Å². The number of hydrogen-bond donors (Lipinski definition) is 2. The van der Waals surface area contributed by atoms with Crippen molar-refractivity contribution < 1.29 is 14.4 Å². The summed E-state index contributed by atoms with van der Waals surface area (Å²) in [4.78, 5) is 14.2. The molecule has 0 aliphatic heterocycles. The zero-order chi connectivity index (χ0) is 19.5. The number of phenolic OH excluding ortho intramolecular Hbond substituents is 1. The van der Waals surface area contributed by atoms with Gasteiger partial charge in [-0.15, -0.1) is 0 Å². The fourth-order valence-electron chi connectivity index (χ4n) is 3.54. The van der Waals surface area contributed by atoms with Crippen LogP contribution >= 0.6 is 0 Å². The lowest BCUT2D eigenvalue weighted by molar-refractivity contribution is -0.907. The fraction of sp³-hybridized carbons (Fsp3) is 0.125. The maximum atomic E-state index is 13.0. The summed E-state index contributed by atoms with van der Waals surface area (Å²) in [5.41, 5.74) is 3.58. The highest BCUT2D eigenvalue weighted by Crippen LogP contribution is 2.27. The van der Waals surface area contributed by atoms with Crippen molar-refractivity contribution in [2.45, 2.75) is 13.1 Å². The first-order chi connectivity index (χ1) is 13.6. The van der Waals surface area contributed by atoms with E-state index in [9.17, 15) is 9.90 Å². The second kappa shape index (κ2) is 7.71. The van der Waals surface area contributed by atoms with Crippen LogP contribution in [0.1, 0.15) is 11.1 Å². The molecule has 0 fully saturated rings.